The lowest BCUT2D eigenvalue weighted by Gasteiger charge is -1.93. The normalized spacial score (nSPS) is 14.6. The highest BCUT2D eigenvalue weighted by Gasteiger charge is 2.11. The summed E-state index contributed by atoms with van der Waals surface area (Å²) in [4.78, 5) is 3.49. The second kappa shape index (κ2) is 4.64. The van der Waals surface area contributed by atoms with Crippen LogP contribution >= 0.6 is 22.3 Å². The van der Waals surface area contributed by atoms with Crippen molar-refractivity contribution < 1.29 is 8.42 Å². The fourth-order valence-corrected chi connectivity index (χ4v) is 1.21. The van der Waals surface area contributed by atoms with Crippen LogP contribution in [-0.4, -0.2) is 13.5 Å². The van der Waals surface area contributed by atoms with Crippen molar-refractivity contribution in [2.75, 3.05) is 0 Å². The van der Waals surface area contributed by atoms with Crippen LogP contribution in [0.1, 0.15) is 6.92 Å². The summed E-state index contributed by atoms with van der Waals surface area (Å²) in [6.07, 6.45) is 2.46. The molecule has 3 nitrogen and oxygen atoms in total. The number of halogens is 2. The topological polar surface area (TPSA) is 46.5 Å². The Labute approximate surface area is 80.8 Å². The molecular formula is C6H7Cl2NO2S. The van der Waals surface area contributed by atoms with E-state index >= 15 is 0 Å². The summed E-state index contributed by atoms with van der Waals surface area (Å²) in [5, 5.41) is -0.304. The van der Waals surface area contributed by atoms with E-state index in [2.05, 4.69) is 11.6 Å². The van der Waals surface area contributed by atoms with E-state index in [9.17, 15) is 8.42 Å². The lowest BCUT2D eigenvalue weighted by atomic mass is 10.6. The van der Waals surface area contributed by atoms with E-state index < -0.39 is 9.05 Å². The first-order valence-electron chi connectivity index (χ1n) is 2.89. The quantitative estimate of drug-likeness (QED) is 0.315. The first-order chi connectivity index (χ1) is 5.41. The summed E-state index contributed by atoms with van der Waals surface area (Å²) in [7, 11) is 1.14. The minimum absolute atomic E-state index is 0.0501. The third kappa shape index (κ3) is 3.90. The van der Waals surface area contributed by atoms with Gasteiger partial charge in [0.05, 0.1) is 0 Å². The van der Waals surface area contributed by atoms with Gasteiger partial charge in [-0.05, 0) is 13.0 Å². The largest absolute Gasteiger partial charge is 0.278 e. The zero-order chi connectivity index (χ0) is 9.78. The van der Waals surface area contributed by atoms with Gasteiger partial charge >= 0.3 is 0 Å². The highest BCUT2D eigenvalue weighted by Crippen LogP contribution is 2.09. The summed E-state index contributed by atoms with van der Waals surface area (Å²) in [5.41, 5.74) is 0. The summed E-state index contributed by atoms with van der Waals surface area (Å²) >= 11 is 5.45. The van der Waals surface area contributed by atoms with E-state index in [4.69, 9.17) is 22.3 Å². The zero-order valence-corrected chi connectivity index (χ0v) is 8.62. The molecule has 0 aromatic carbocycles. The Hall–Kier alpha value is -0.320. The van der Waals surface area contributed by atoms with E-state index in [0.29, 0.717) is 0 Å². The van der Waals surface area contributed by atoms with E-state index in [1.807, 2.05) is 0 Å². The minimum Gasteiger partial charge on any atom is -0.224 e. The first-order valence-corrected chi connectivity index (χ1v) is 5.58. The van der Waals surface area contributed by atoms with Crippen LogP contribution < -0.4 is 0 Å². The number of rotatable bonds is 2. The molecular weight excluding hydrogens is 221 g/mol. The summed E-state index contributed by atoms with van der Waals surface area (Å²) in [6.45, 7) is 4.85. The van der Waals surface area contributed by atoms with Crippen molar-refractivity contribution >= 4 is 36.4 Å². The highest BCUT2D eigenvalue weighted by atomic mass is 35.7. The van der Waals surface area contributed by atoms with E-state index in [0.717, 1.165) is 6.08 Å². The van der Waals surface area contributed by atoms with Crippen molar-refractivity contribution in [2.45, 2.75) is 6.92 Å². The fraction of sp³-hybridized carbons (Fsp3) is 0.167. The molecule has 0 N–H and O–H groups in total. The monoisotopic (exact) mass is 227 g/mol. The van der Waals surface area contributed by atoms with Gasteiger partial charge in [0.15, 0.2) is 5.04 Å². The molecule has 0 aliphatic carbocycles. The van der Waals surface area contributed by atoms with Crippen LogP contribution in [0.2, 0.25) is 0 Å². The molecule has 0 aliphatic heterocycles. The molecule has 0 spiro atoms. The maximum atomic E-state index is 10.7. The van der Waals surface area contributed by atoms with E-state index in [1.54, 1.807) is 6.92 Å². The van der Waals surface area contributed by atoms with Crippen molar-refractivity contribution in [2.24, 2.45) is 4.99 Å². The lowest BCUT2D eigenvalue weighted by molar-refractivity contribution is 0.619. The lowest BCUT2D eigenvalue weighted by Crippen LogP contribution is -2.03. The van der Waals surface area contributed by atoms with Crippen molar-refractivity contribution in [1.29, 1.82) is 0 Å². The second-order valence-corrected chi connectivity index (χ2v) is 4.60. The molecule has 0 bridgehead atoms. The van der Waals surface area contributed by atoms with Crippen LogP contribution in [0, 0.1) is 0 Å². The molecule has 0 rings (SSSR count). The molecule has 0 fully saturated rings. The summed E-state index contributed by atoms with van der Waals surface area (Å²) < 4.78 is 21.4. The Balaban J connectivity index is 5.08. The zero-order valence-electron chi connectivity index (χ0n) is 6.29. The average molecular weight is 228 g/mol. The van der Waals surface area contributed by atoms with Crippen LogP contribution in [0.15, 0.2) is 28.9 Å². The minimum atomic E-state index is -3.84. The Morgan fingerprint density at radius 1 is 1.58 bits per heavy atom. The molecule has 6 heteroatoms. The standard InChI is InChI=1S/C6H7Cl2NO2S/c1-3-5(7)9-6(4-2)12(8,10)11/h3-4H,2H2,1H3/b5-3-,9-6?. The van der Waals surface area contributed by atoms with Crippen LogP contribution in [-0.2, 0) is 9.05 Å². The molecule has 0 heterocycles. The van der Waals surface area contributed by atoms with Gasteiger partial charge in [0, 0.05) is 10.7 Å². The molecule has 0 aliphatic rings. The van der Waals surface area contributed by atoms with Crippen LogP contribution in [0.25, 0.3) is 0 Å². The van der Waals surface area contributed by atoms with Crippen molar-refractivity contribution in [3.63, 3.8) is 0 Å². The van der Waals surface area contributed by atoms with Gasteiger partial charge in [0.25, 0.3) is 9.05 Å². The summed E-state index contributed by atoms with van der Waals surface area (Å²) in [6, 6.07) is 0. The van der Waals surface area contributed by atoms with Gasteiger partial charge in [0.1, 0.15) is 5.16 Å². The fourth-order valence-electron chi connectivity index (χ4n) is 0.370. The van der Waals surface area contributed by atoms with Gasteiger partial charge in [-0.15, -0.1) is 0 Å². The van der Waals surface area contributed by atoms with Gasteiger partial charge in [-0.25, -0.2) is 13.4 Å². The van der Waals surface area contributed by atoms with Crippen molar-refractivity contribution in [3.05, 3.63) is 23.9 Å². The Kier molecular flexibility index (Phi) is 4.52. The van der Waals surface area contributed by atoms with Crippen molar-refractivity contribution in [3.8, 4) is 0 Å². The molecule has 0 saturated heterocycles. The van der Waals surface area contributed by atoms with Gasteiger partial charge in [-0.1, -0.05) is 24.3 Å². The Bertz CT molecular complexity index is 329. The number of allylic oxidation sites excluding steroid dienone is 1. The Morgan fingerprint density at radius 3 is 2.33 bits per heavy atom. The van der Waals surface area contributed by atoms with Gasteiger partial charge < -0.3 is 0 Å². The predicted molar refractivity (Wildman–Crippen MR) is 52.0 cm³/mol. The van der Waals surface area contributed by atoms with Gasteiger partial charge in [-0.3, -0.25) is 0 Å². The van der Waals surface area contributed by atoms with Gasteiger partial charge in [0.2, 0.25) is 0 Å². The molecule has 0 aromatic rings. The summed E-state index contributed by atoms with van der Waals surface area (Å²) in [5.74, 6) is 0. The SMILES string of the molecule is C=CC(=N/C(Cl)=C\C)S(=O)(=O)Cl. The third-order valence-corrected chi connectivity index (χ3v) is 2.41. The molecule has 0 radical (unpaired) electrons. The molecule has 0 atom stereocenters. The first kappa shape index (κ1) is 11.7. The number of hydrogen-bond donors (Lipinski definition) is 0. The second-order valence-electron chi connectivity index (χ2n) is 1.70. The molecule has 0 aromatic heterocycles. The Morgan fingerprint density at radius 2 is 2.08 bits per heavy atom. The predicted octanol–water partition coefficient (Wildman–Crippen LogP) is 2.24. The molecule has 0 saturated carbocycles. The van der Waals surface area contributed by atoms with Crippen LogP contribution in [0.5, 0.6) is 0 Å². The highest BCUT2D eigenvalue weighted by molar-refractivity contribution is 8.26. The van der Waals surface area contributed by atoms with E-state index in [-0.39, 0.29) is 10.2 Å². The van der Waals surface area contributed by atoms with Crippen LogP contribution in [0.4, 0.5) is 0 Å². The number of aliphatic imine (C=N–C) groups is 1. The number of hydrogen-bond acceptors (Lipinski definition) is 3. The average Bonchev–Trinajstić information content (AvgIpc) is 1.97. The van der Waals surface area contributed by atoms with Crippen molar-refractivity contribution in [1.82, 2.24) is 0 Å². The maximum Gasteiger partial charge on any atom is 0.278 e. The van der Waals surface area contributed by atoms with E-state index in [1.165, 1.54) is 6.08 Å². The van der Waals surface area contributed by atoms with Crippen LogP contribution in [0.3, 0.4) is 0 Å². The molecule has 0 unspecified atom stereocenters. The number of nitrogens with zero attached hydrogens (tertiary/aromatic N) is 1. The third-order valence-electron chi connectivity index (χ3n) is 0.880. The molecule has 0 amide bonds. The van der Waals surface area contributed by atoms with Gasteiger partial charge in [-0.2, -0.15) is 0 Å². The smallest absolute Gasteiger partial charge is 0.224 e. The molecule has 12 heavy (non-hydrogen) atoms. The maximum absolute atomic E-state index is 10.7. The molecule has 68 valence electrons.